The average Bonchev–Trinajstić information content (AvgIpc) is 3.31. The van der Waals surface area contributed by atoms with Crippen LogP contribution < -0.4 is 0 Å². The molecular formula is C35HF44N5. The first-order valence-electron chi connectivity index (χ1n) is 18.9. The second-order valence-corrected chi connectivity index (χ2v) is 15.7. The Kier molecular flexibility index (Phi) is 16.2. The van der Waals surface area contributed by atoms with Gasteiger partial charge in [-0.1, -0.05) is 0 Å². The minimum absolute atomic E-state index is 0.950. The van der Waals surface area contributed by atoms with Gasteiger partial charge >= 0.3 is 95.8 Å². The smallest absolute Gasteiger partial charge is 0.226 e. The number of hydrogen-bond acceptors (Lipinski definition) is 5. The summed E-state index contributed by atoms with van der Waals surface area (Å²) in [6.45, 7) is 0. The maximum Gasteiger partial charge on any atom is 0.460 e. The molecule has 0 aliphatic carbocycles. The molecule has 2 aromatic carbocycles. The van der Waals surface area contributed by atoms with Crippen molar-refractivity contribution in [2.45, 2.75) is 95.8 Å². The third-order valence-electron chi connectivity index (χ3n) is 10.4. The molecule has 2 aromatic heterocycles. The van der Waals surface area contributed by atoms with Gasteiger partial charge in [-0.25, -0.2) is 60.0 Å². The quantitative estimate of drug-likeness (QED) is 0.0877. The first-order chi connectivity index (χ1) is 36.7. The second-order valence-electron chi connectivity index (χ2n) is 15.7. The SMILES string of the molecule is Fc1c(F)c(-c2c(F)c(F)c(-c3nc(C(F)(F)C(F)(F)C(F)(F)C(F)(F)F)nc(C(F)(F)C(F)(F)C(F)(F)C(F)(F)F)n3)c(F)c2F)c(F)c(F)c1-c1nc(C(F)(F)C(F)(F)C(F)(F)C(F)(F)F)cc(C(F)(F)C(F)(F)C(F)(F)C(F)(F)F)n1. The van der Waals surface area contributed by atoms with Crippen molar-refractivity contribution in [3.8, 4) is 33.9 Å². The summed E-state index contributed by atoms with van der Waals surface area (Å²) in [6.07, 6.45) is -32.4. The topological polar surface area (TPSA) is 64.5 Å². The lowest BCUT2D eigenvalue weighted by Crippen LogP contribution is -2.61. The van der Waals surface area contributed by atoms with Crippen molar-refractivity contribution < 1.29 is 193 Å². The van der Waals surface area contributed by atoms with E-state index in [0.717, 1.165) is 4.98 Å². The number of aromatic nitrogens is 5. The molecule has 0 atom stereocenters. The van der Waals surface area contributed by atoms with Gasteiger partial charge in [-0.3, -0.25) is 0 Å². The van der Waals surface area contributed by atoms with Gasteiger partial charge < -0.3 is 0 Å². The van der Waals surface area contributed by atoms with Crippen molar-refractivity contribution in [1.29, 1.82) is 0 Å². The van der Waals surface area contributed by atoms with Gasteiger partial charge in [-0.2, -0.15) is 158 Å². The molecule has 2 heterocycles. The van der Waals surface area contributed by atoms with Gasteiger partial charge in [0.2, 0.25) is 11.6 Å². The van der Waals surface area contributed by atoms with Crippen LogP contribution in [0.5, 0.6) is 0 Å². The van der Waals surface area contributed by atoms with Crippen molar-refractivity contribution in [1.82, 2.24) is 24.9 Å². The van der Waals surface area contributed by atoms with Crippen LogP contribution in [0.4, 0.5) is 193 Å². The van der Waals surface area contributed by atoms with Crippen molar-refractivity contribution in [3.63, 3.8) is 0 Å². The lowest BCUT2D eigenvalue weighted by molar-refractivity contribution is -0.402. The Morgan fingerprint density at radius 3 is 0.583 bits per heavy atom. The van der Waals surface area contributed by atoms with E-state index in [-0.39, 0.29) is 0 Å². The van der Waals surface area contributed by atoms with E-state index >= 15 is 35.1 Å². The summed E-state index contributed by atoms with van der Waals surface area (Å²) in [5.74, 6) is -151. The highest BCUT2D eigenvalue weighted by Gasteiger charge is 2.87. The molecule has 49 heteroatoms. The number of halogens is 44. The van der Waals surface area contributed by atoms with Crippen LogP contribution in [-0.4, -0.2) is 97.0 Å². The van der Waals surface area contributed by atoms with Crippen LogP contribution in [-0.2, 0) is 23.7 Å². The summed E-state index contributed by atoms with van der Waals surface area (Å²) in [6, 6.07) is -2.38. The summed E-state index contributed by atoms with van der Waals surface area (Å²) in [5, 5.41) is 0. The minimum atomic E-state index is -8.55. The van der Waals surface area contributed by atoms with Gasteiger partial charge in [-0.05, 0) is 6.07 Å². The molecule has 0 amide bonds. The van der Waals surface area contributed by atoms with Crippen LogP contribution >= 0.6 is 0 Å². The number of rotatable bonds is 15. The molecule has 0 saturated heterocycles. The Balaban J connectivity index is 2.25. The third kappa shape index (κ3) is 9.53. The van der Waals surface area contributed by atoms with Crippen molar-refractivity contribution in [3.05, 3.63) is 75.6 Å². The lowest BCUT2D eigenvalue weighted by atomic mass is 9.95. The van der Waals surface area contributed by atoms with E-state index in [1.165, 1.54) is 19.9 Å². The molecule has 0 N–H and O–H groups in total. The number of nitrogens with zero attached hydrogens (tertiary/aromatic N) is 5. The fourth-order valence-electron chi connectivity index (χ4n) is 5.85. The zero-order chi connectivity index (χ0) is 66.6. The highest BCUT2D eigenvalue weighted by Crippen LogP contribution is 2.62. The van der Waals surface area contributed by atoms with Gasteiger partial charge in [0.1, 0.15) is 11.4 Å². The summed E-state index contributed by atoms with van der Waals surface area (Å²) in [5.41, 5.74) is -24.3. The van der Waals surface area contributed by atoms with Crippen molar-refractivity contribution in [2.24, 2.45) is 0 Å². The van der Waals surface area contributed by atoms with E-state index in [0.29, 0.717) is 0 Å². The maximum absolute atomic E-state index is 15.7. The van der Waals surface area contributed by atoms with E-state index in [1.807, 2.05) is 0 Å². The molecule has 4 aromatic rings. The normalized spacial score (nSPS) is 15.1. The summed E-state index contributed by atoms with van der Waals surface area (Å²) in [4.78, 5) is 6.59. The van der Waals surface area contributed by atoms with Crippen LogP contribution in [0, 0.1) is 46.5 Å². The van der Waals surface area contributed by atoms with Gasteiger partial charge in [0.25, 0.3) is 0 Å². The van der Waals surface area contributed by atoms with Gasteiger partial charge in [0.15, 0.2) is 58.2 Å². The minimum Gasteiger partial charge on any atom is -0.226 e. The summed E-state index contributed by atoms with van der Waals surface area (Å²) in [7, 11) is 0. The summed E-state index contributed by atoms with van der Waals surface area (Å²) >= 11 is 0. The average molecular weight is 1330 g/mol. The lowest BCUT2D eigenvalue weighted by Gasteiger charge is -2.35. The molecule has 0 aliphatic rings. The Labute approximate surface area is 424 Å². The molecule has 474 valence electrons. The van der Waals surface area contributed by atoms with Crippen LogP contribution in [0.15, 0.2) is 6.07 Å². The Morgan fingerprint density at radius 2 is 0.381 bits per heavy atom. The molecule has 5 nitrogen and oxygen atoms in total. The Hall–Kier alpha value is -6.55. The fourth-order valence-corrected chi connectivity index (χ4v) is 5.85. The van der Waals surface area contributed by atoms with Crippen LogP contribution in [0.1, 0.15) is 23.0 Å². The number of hydrogen-bond donors (Lipinski definition) is 0. The van der Waals surface area contributed by atoms with Crippen LogP contribution in [0.3, 0.4) is 0 Å². The van der Waals surface area contributed by atoms with E-state index in [1.54, 1.807) is 0 Å². The molecule has 0 spiro atoms. The molecule has 84 heavy (non-hydrogen) atoms. The predicted molar refractivity (Wildman–Crippen MR) is 171 cm³/mol. The van der Waals surface area contributed by atoms with Gasteiger partial charge in [0, 0.05) is 0 Å². The number of alkyl halides is 36. The Bertz CT molecular complexity index is 2820. The molecule has 0 aliphatic heterocycles. The molecule has 0 radical (unpaired) electrons. The van der Waals surface area contributed by atoms with Crippen molar-refractivity contribution in [2.75, 3.05) is 0 Å². The molecule has 0 fully saturated rings. The zero-order valence-corrected chi connectivity index (χ0v) is 36.4. The van der Waals surface area contributed by atoms with Gasteiger partial charge in [0.05, 0.1) is 22.3 Å². The van der Waals surface area contributed by atoms with Gasteiger partial charge in [-0.15, -0.1) is 0 Å². The monoisotopic (exact) mass is 1330 g/mol. The third-order valence-corrected chi connectivity index (χ3v) is 10.4. The Morgan fingerprint density at radius 1 is 0.202 bits per heavy atom. The van der Waals surface area contributed by atoms with E-state index in [4.69, 9.17) is 0 Å². The number of benzene rings is 2. The summed E-state index contributed by atoms with van der Waals surface area (Å²) < 4.78 is 623. The first-order valence-corrected chi connectivity index (χ1v) is 18.9. The van der Waals surface area contributed by atoms with Crippen LogP contribution in [0.2, 0.25) is 0 Å². The molecular weight excluding hydrogens is 1330 g/mol. The van der Waals surface area contributed by atoms with Crippen LogP contribution in [0.25, 0.3) is 33.9 Å². The molecule has 0 bridgehead atoms. The largest absolute Gasteiger partial charge is 0.460 e. The molecule has 0 saturated carbocycles. The van der Waals surface area contributed by atoms with E-state index < -0.39 is 205 Å². The highest BCUT2D eigenvalue weighted by molar-refractivity contribution is 5.75. The fraction of sp³-hybridized carbons (Fsp3) is 0.457. The van der Waals surface area contributed by atoms with E-state index in [2.05, 4.69) is 0 Å². The van der Waals surface area contributed by atoms with Crippen molar-refractivity contribution >= 4 is 0 Å². The predicted octanol–water partition coefficient (Wildman–Crippen LogP) is 16.5. The molecule has 4 rings (SSSR count). The zero-order valence-electron chi connectivity index (χ0n) is 36.4. The van der Waals surface area contributed by atoms with E-state index in [9.17, 15) is 158 Å². The molecule has 0 unspecified atom stereocenters. The first kappa shape index (κ1) is 69.9. The standard InChI is InChI=1S/C35HF44N5/c36-8-4(9(37)13(41)6(12(8)40)16-80-2(20(44,45)24(52,53)28(60,61)32(68,69)70)1-3(81-16)21(46,47)25(54,55)29(62,63)33(71,72)73)5-10(38)14(42)7(15(43)11(5)39)17-82-18(22(48,49)26(56,57)30(64,65)34(74,75)76)84-19(83-17)23(50,51)27(58,59)31(66,67)35(77,78)79/h1H. The maximum atomic E-state index is 15.7. The highest BCUT2D eigenvalue weighted by atomic mass is 19.5. The second kappa shape index (κ2) is 19.5.